The molecule has 1 aromatic heterocycles. The fourth-order valence-corrected chi connectivity index (χ4v) is 2.90. The van der Waals surface area contributed by atoms with Gasteiger partial charge in [0.05, 0.1) is 13.2 Å². The maximum absolute atomic E-state index is 12.2. The van der Waals surface area contributed by atoms with Gasteiger partial charge in [-0.3, -0.25) is 14.5 Å². The van der Waals surface area contributed by atoms with Crippen molar-refractivity contribution < 1.29 is 9.53 Å². The van der Waals surface area contributed by atoms with Crippen molar-refractivity contribution >= 4 is 16.8 Å². The van der Waals surface area contributed by atoms with Crippen molar-refractivity contribution in [1.82, 2.24) is 15.2 Å². The lowest BCUT2D eigenvalue weighted by atomic mass is 10.2. The first-order valence-electron chi connectivity index (χ1n) is 8.44. The van der Waals surface area contributed by atoms with Gasteiger partial charge in [0.2, 0.25) is 0 Å². The third kappa shape index (κ3) is 4.21. The highest BCUT2D eigenvalue weighted by molar-refractivity contribution is 5.94. The molecular formula is C18H23N3O3. The van der Waals surface area contributed by atoms with Crippen LogP contribution >= 0.6 is 0 Å². The molecule has 128 valence electrons. The minimum Gasteiger partial charge on any atom is -0.379 e. The molecule has 0 atom stereocenters. The van der Waals surface area contributed by atoms with Gasteiger partial charge in [-0.05, 0) is 31.5 Å². The summed E-state index contributed by atoms with van der Waals surface area (Å²) in [6.45, 7) is 5.25. The summed E-state index contributed by atoms with van der Waals surface area (Å²) in [5, 5.41) is 3.47. The van der Waals surface area contributed by atoms with Crippen molar-refractivity contribution in [1.29, 1.82) is 0 Å². The van der Waals surface area contributed by atoms with Gasteiger partial charge < -0.3 is 15.0 Å². The molecule has 2 N–H and O–H groups in total. The highest BCUT2D eigenvalue weighted by Crippen LogP contribution is 2.07. The van der Waals surface area contributed by atoms with Gasteiger partial charge in [0.1, 0.15) is 5.69 Å². The van der Waals surface area contributed by atoms with Crippen LogP contribution in [-0.2, 0) is 4.74 Å². The van der Waals surface area contributed by atoms with Crippen molar-refractivity contribution in [3.05, 3.63) is 46.2 Å². The number of carbonyl (C=O) groups is 1. The van der Waals surface area contributed by atoms with E-state index < -0.39 is 0 Å². The van der Waals surface area contributed by atoms with Crippen LogP contribution in [0.2, 0.25) is 0 Å². The first-order chi connectivity index (χ1) is 11.7. The van der Waals surface area contributed by atoms with Crippen LogP contribution in [0.1, 0.15) is 23.3 Å². The second kappa shape index (κ2) is 8.08. The van der Waals surface area contributed by atoms with Crippen molar-refractivity contribution in [3.8, 4) is 0 Å². The van der Waals surface area contributed by atoms with Crippen LogP contribution in [0.15, 0.2) is 35.1 Å². The second-order valence-corrected chi connectivity index (χ2v) is 6.01. The molecule has 0 radical (unpaired) electrons. The lowest BCUT2D eigenvalue weighted by Crippen LogP contribution is -2.37. The topological polar surface area (TPSA) is 74.4 Å². The number of aromatic nitrogens is 1. The Bertz CT molecular complexity index is 751. The van der Waals surface area contributed by atoms with Gasteiger partial charge in [0, 0.05) is 36.6 Å². The van der Waals surface area contributed by atoms with Crippen molar-refractivity contribution in [2.75, 3.05) is 39.4 Å². The number of hydrogen-bond acceptors (Lipinski definition) is 4. The number of morpholine rings is 1. The number of nitrogens with zero attached hydrogens (tertiary/aromatic N) is 1. The number of nitrogens with one attached hydrogen (secondary N) is 2. The highest BCUT2D eigenvalue weighted by Gasteiger charge is 2.11. The SMILES string of the molecule is O=C(NCCCCN1CCOCC1)c1cc(=O)c2ccccc2[nH]1. The Labute approximate surface area is 140 Å². The molecule has 1 aromatic carbocycles. The number of ether oxygens (including phenoxy) is 1. The Morgan fingerprint density at radius 1 is 1.21 bits per heavy atom. The van der Waals surface area contributed by atoms with Gasteiger partial charge in [0.25, 0.3) is 5.91 Å². The lowest BCUT2D eigenvalue weighted by molar-refractivity contribution is 0.0372. The number of carbonyl (C=O) groups excluding carboxylic acids is 1. The first kappa shape index (κ1) is 16.7. The zero-order valence-electron chi connectivity index (χ0n) is 13.7. The Morgan fingerprint density at radius 3 is 2.83 bits per heavy atom. The van der Waals surface area contributed by atoms with Crippen LogP contribution in [0, 0.1) is 0 Å². The molecule has 1 fully saturated rings. The highest BCUT2D eigenvalue weighted by atomic mass is 16.5. The monoisotopic (exact) mass is 329 g/mol. The molecule has 0 spiro atoms. The molecule has 0 bridgehead atoms. The van der Waals surface area contributed by atoms with Crippen molar-refractivity contribution in [2.24, 2.45) is 0 Å². The zero-order chi connectivity index (χ0) is 16.8. The molecule has 0 aliphatic carbocycles. The van der Waals surface area contributed by atoms with Crippen LogP contribution in [0.4, 0.5) is 0 Å². The minimum absolute atomic E-state index is 0.137. The average molecular weight is 329 g/mol. The number of unbranched alkanes of at least 4 members (excludes halogenated alkanes) is 1. The Hall–Kier alpha value is -2.18. The molecule has 0 unspecified atom stereocenters. The van der Waals surface area contributed by atoms with Crippen LogP contribution < -0.4 is 10.7 Å². The van der Waals surface area contributed by atoms with Crippen LogP contribution in [-0.4, -0.2) is 55.2 Å². The van der Waals surface area contributed by atoms with E-state index in [4.69, 9.17) is 4.74 Å². The number of H-pyrrole nitrogens is 1. The van der Waals surface area contributed by atoms with Gasteiger partial charge in [-0.15, -0.1) is 0 Å². The Balaban J connectivity index is 1.47. The number of rotatable bonds is 6. The van der Waals surface area contributed by atoms with E-state index in [9.17, 15) is 9.59 Å². The normalized spacial score (nSPS) is 15.5. The fraction of sp³-hybridized carbons (Fsp3) is 0.444. The zero-order valence-corrected chi connectivity index (χ0v) is 13.7. The molecule has 6 heteroatoms. The van der Waals surface area contributed by atoms with Crippen molar-refractivity contribution in [3.63, 3.8) is 0 Å². The summed E-state index contributed by atoms with van der Waals surface area (Å²) in [4.78, 5) is 29.6. The average Bonchev–Trinajstić information content (AvgIpc) is 2.62. The molecular weight excluding hydrogens is 306 g/mol. The number of hydrogen-bond donors (Lipinski definition) is 2. The molecule has 1 saturated heterocycles. The number of fused-ring (bicyclic) bond motifs is 1. The molecule has 0 saturated carbocycles. The largest absolute Gasteiger partial charge is 0.379 e. The van der Waals surface area contributed by atoms with E-state index in [2.05, 4.69) is 15.2 Å². The van der Waals surface area contributed by atoms with Gasteiger partial charge in [-0.1, -0.05) is 12.1 Å². The van der Waals surface area contributed by atoms with Gasteiger partial charge >= 0.3 is 0 Å². The first-order valence-corrected chi connectivity index (χ1v) is 8.44. The Kier molecular flexibility index (Phi) is 5.61. The maximum Gasteiger partial charge on any atom is 0.267 e. The molecule has 6 nitrogen and oxygen atoms in total. The number of para-hydroxylation sites is 1. The number of pyridine rings is 1. The third-order valence-corrected chi connectivity index (χ3v) is 4.27. The van der Waals surface area contributed by atoms with E-state index >= 15 is 0 Å². The third-order valence-electron chi connectivity index (χ3n) is 4.27. The molecule has 1 aliphatic rings. The van der Waals surface area contributed by atoms with Gasteiger partial charge in [-0.2, -0.15) is 0 Å². The molecule has 24 heavy (non-hydrogen) atoms. The Morgan fingerprint density at radius 2 is 2.00 bits per heavy atom. The van der Waals surface area contributed by atoms with E-state index in [-0.39, 0.29) is 11.3 Å². The summed E-state index contributed by atoms with van der Waals surface area (Å²) in [6, 6.07) is 8.57. The van der Waals surface area contributed by atoms with Gasteiger partial charge in [0.15, 0.2) is 5.43 Å². The van der Waals surface area contributed by atoms with E-state index in [1.807, 2.05) is 12.1 Å². The van der Waals surface area contributed by atoms with E-state index in [0.29, 0.717) is 23.1 Å². The summed E-state index contributed by atoms with van der Waals surface area (Å²) in [7, 11) is 0. The number of aromatic amines is 1. The standard InChI is InChI=1S/C18H23N3O3/c22-17-13-16(20-15-6-2-1-5-14(15)17)18(23)19-7-3-4-8-21-9-11-24-12-10-21/h1-2,5-6,13H,3-4,7-12H2,(H,19,23)(H,20,22). The van der Waals surface area contributed by atoms with E-state index in [1.165, 1.54) is 6.07 Å². The summed E-state index contributed by atoms with van der Waals surface area (Å²) < 4.78 is 5.32. The van der Waals surface area contributed by atoms with Gasteiger partial charge in [-0.25, -0.2) is 0 Å². The quantitative estimate of drug-likeness (QED) is 0.785. The molecule has 2 aromatic rings. The number of benzene rings is 1. The minimum atomic E-state index is -0.232. The van der Waals surface area contributed by atoms with E-state index in [1.54, 1.807) is 12.1 Å². The maximum atomic E-state index is 12.2. The second-order valence-electron chi connectivity index (χ2n) is 6.01. The summed E-state index contributed by atoms with van der Waals surface area (Å²) in [6.07, 6.45) is 1.95. The van der Waals surface area contributed by atoms with Crippen LogP contribution in [0.5, 0.6) is 0 Å². The smallest absolute Gasteiger partial charge is 0.267 e. The van der Waals surface area contributed by atoms with Crippen LogP contribution in [0.25, 0.3) is 10.9 Å². The number of amides is 1. The predicted molar refractivity (Wildman–Crippen MR) is 93.4 cm³/mol. The van der Waals surface area contributed by atoms with E-state index in [0.717, 1.165) is 45.7 Å². The van der Waals surface area contributed by atoms with Crippen molar-refractivity contribution in [2.45, 2.75) is 12.8 Å². The fourth-order valence-electron chi connectivity index (χ4n) is 2.90. The summed E-state index contributed by atoms with van der Waals surface area (Å²) in [5.74, 6) is -0.232. The van der Waals surface area contributed by atoms with Crippen LogP contribution in [0.3, 0.4) is 0 Å². The molecule has 1 aliphatic heterocycles. The summed E-state index contributed by atoms with van der Waals surface area (Å²) in [5.41, 5.74) is 0.858. The molecule has 2 heterocycles. The predicted octanol–water partition coefficient (Wildman–Crippen LogP) is 1.37. The lowest BCUT2D eigenvalue weighted by Gasteiger charge is -2.26. The molecule has 1 amide bonds. The summed E-state index contributed by atoms with van der Waals surface area (Å²) >= 11 is 0. The molecule has 3 rings (SSSR count).